The molecular formula is C17H33Cl3N8O. The highest BCUT2D eigenvalue weighted by molar-refractivity contribution is 6.31. The third kappa shape index (κ3) is 12.6. The minimum absolute atomic E-state index is 0. The van der Waals surface area contributed by atoms with Gasteiger partial charge < -0.3 is 22.9 Å². The van der Waals surface area contributed by atoms with E-state index in [1.165, 1.54) is 38.5 Å². The molecule has 9 nitrogen and oxygen atoms in total. The highest BCUT2D eigenvalue weighted by Gasteiger charge is 2.16. The molecule has 9 N–H and O–H groups in total. The lowest BCUT2D eigenvalue weighted by atomic mass is 10.1. The van der Waals surface area contributed by atoms with E-state index >= 15 is 0 Å². The maximum absolute atomic E-state index is 12.1. The van der Waals surface area contributed by atoms with Crippen molar-refractivity contribution in [3.05, 3.63) is 10.8 Å². The Kier molecular flexibility index (Phi) is 17.7. The van der Waals surface area contributed by atoms with Crippen molar-refractivity contribution < 1.29 is 4.79 Å². The molecular weight excluding hydrogens is 439 g/mol. The van der Waals surface area contributed by atoms with Gasteiger partial charge in [-0.3, -0.25) is 15.1 Å². The molecule has 1 heterocycles. The molecule has 0 spiro atoms. The summed E-state index contributed by atoms with van der Waals surface area (Å²) in [5.41, 5.74) is 22.1. The third-order valence-corrected chi connectivity index (χ3v) is 4.28. The van der Waals surface area contributed by atoms with Crippen molar-refractivity contribution in [3.8, 4) is 0 Å². The lowest BCUT2D eigenvalue weighted by molar-refractivity contribution is 0.0972. The zero-order valence-electron chi connectivity index (χ0n) is 16.5. The van der Waals surface area contributed by atoms with Crippen LogP contribution in [0.25, 0.3) is 0 Å². The summed E-state index contributed by atoms with van der Waals surface area (Å²) < 4.78 is 0. The molecule has 29 heavy (non-hydrogen) atoms. The maximum atomic E-state index is 12.1. The van der Waals surface area contributed by atoms with Gasteiger partial charge in [0.25, 0.3) is 5.91 Å². The van der Waals surface area contributed by atoms with Crippen molar-refractivity contribution in [2.45, 2.75) is 57.8 Å². The van der Waals surface area contributed by atoms with Gasteiger partial charge in [-0.15, -0.1) is 24.8 Å². The van der Waals surface area contributed by atoms with E-state index in [1.807, 2.05) is 0 Å². The van der Waals surface area contributed by atoms with E-state index in [0.29, 0.717) is 6.54 Å². The summed E-state index contributed by atoms with van der Waals surface area (Å²) in [4.78, 5) is 23.8. The number of nitrogen functional groups attached to an aromatic ring is 2. The molecule has 1 aromatic heterocycles. The Balaban J connectivity index is 0. The van der Waals surface area contributed by atoms with Crippen molar-refractivity contribution in [1.82, 2.24) is 15.3 Å². The number of carbonyl (C=O) groups is 1. The van der Waals surface area contributed by atoms with E-state index in [4.69, 9.17) is 34.5 Å². The lowest BCUT2D eigenvalue weighted by Crippen LogP contribution is -2.38. The molecule has 0 aliphatic carbocycles. The van der Waals surface area contributed by atoms with Gasteiger partial charge in [-0.05, 0) is 19.4 Å². The monoisotopic (exact) mass is 470 g/mol. The fourth-order valence-electron chi connectivity index (χ4n) is 2.52. The summed E-state index contributed by atoms with van der Waals surface area (Å²) in [5, 5.41) is 2.32. The Morgan fingerprint density at radius 2 is 1.41 bits per heavy atom. The molecule has 0 saturated heterocycles. The molecule has 0 radical (unpaired) electrons. The van der Waals surface area contributed by atoms with Gasteiger partial charge >= 0.3 is 0 Å². The second-order valence-electron chi connectivity index (χ2n) is 6.33. The summed E-state index contributed by atoms with van der Waals surface area (Å²) in [6.45, 7) is 1.34. The molecule has 0 unspecified atom stereocenters. The standard InChI is InChI=1S/C17H31ClN8O.2ClH/c18-13-15(21)25-14(20)12(24-13)16(27)26-17(22)23-11-9-7-5-3-1-2-4-6-8-10-19;;/h1-11,19H2,(H4,20,21,25)(H3,22,23,26,27);2*1H. The van der Waals surface area contributed by atoms with Gasteiger partial charge in [-0.2, -0.15) is 0 Å². The number of amides is 1. The maximum Gasteiger partial charge on any atom is 0.280 e. The number of nitrogens with two attached hydrogens (primary N) is 4. The number of guanidine groups is 1. The Hall–Kier alpha value is -1.55. The number of nitrogens with zero attached hydrogens (tertiary/aromatic N) is 3. The van der Waals surface area contributed by atoms with E-state index in [9.17, 15) is 4.79 Å². The van der Waals surface area contributed by atoms with Crippen molar-refractivity contribution in [2.75, 3.05) is 24.6 Å². The second-order valence-corrected chi connectivity index (χ2v) is 6.68. The van der Waals surface area contributed by atoms with Crippen LogP contribution >= 0.6 is 36.4 Å². The largest absolute Gasteiger partial charge is 0.382 e. The van der Waals surface area contributed by atoms with Crippen LogP contribution in [0.2, 0.25) is 5.15 Å². The molecule has 0 saturated carbocycles. The number of carbonyl (C=O) groups excluding carboxylic acids is 1. The minimum atomic E-state index is -0.627. The molecule has 0 fully saturated rings. The van der Waals surface area contributed by atoms with Gasteiger partial charge in [0.2, 0.25) is 0 Å². The van der Waals surface area contributed by atoms with Gasteiger partial charge in [0, 0.05) is 6.54 Å². The average molecular weight is 472 g/mol. The first-order chi connectivity index (χ1) is 13.0. The fraction of sp³-hybridized carbons (Fsp3) is 0.647. The highest BCUT2D eigenvalue weighted by Crippen LogP contribution is 2.17. The Labute approximate surface area is 189 Å². The van der Waals surface area contributed by atoms with E-state index in [1.54, 1.807) is 0 Å². The SMILES string of the molecule is Cl.Cl.NCCCCCCCCCCCN=C(N)NC(=O)c1nc(Cl)c(N)nc1N. The van der Waals surface area contributed by atoms with Gasteiger partial charge in [0.1, 0.15) is 0 Å². The van der Waals surface area contributed by atoms with Crippen molar-refractivity contribution in [3.63, 3.8) is 0 Å². The summed E-state index contributed by atoms with van der Waals surface area (Å²) in [6, 6.07) is 0. The molecule has 168 valence electrons. The number of hydrogen-bond acceptors (Lipinski definition) is 7. The summed E-state index contributed by atoms with van der Waals surface area (Å²) in [7, 11) is 0. The first kappa shape index (κ1) is 29.6. The summed E-state index contributed by atoms with van der Waals surface area (Å²) in [5.74, 6) is -0.778. The Bertz CT molecular complexity index is 631. The number of aliphatic imine (C=N–C) groups is 1. The number of unbranched alkanes of at least 4 members (excludes halogenated alkanes) is 8. The molecule has 0 bridgehead atoms. The van der Waals surface area contributed by atoms with Gasteiger partial charge in [0.15, 0.2) is 28.4 Å². The number of halogens is 3. The van der Waals surface area contributed by atoms with Gasteiger partial charge in [-0.25, -0.2) is 9.97 Å². The quantitative estimate of drug-likeness (QED) is 0.177. The van der Waals surface area contributed by atoms with Gasteiger partial charge in [0.05, 0.1) is 0 Å². The van der Waals surface area contributed by atoms with Crippen LogP contribution in [0.3, 0.4) is 0 Å². The molecule has 0 atom stereocenters. The zero-order chi connectivity index (χ0) is 20.1. The van der Waals surface area contributed by atoms with Crippen molar-refractivity contribution in [1.29, 1.82) is 0 Å². The van der Waals surface area contributed by atoms with Crippen LogP contribution in [0.1, 0.15) is 68.3 Å². The van der Waals surface area contributed by atoms with E-state index in [0.717, 1.165) is 25.8 Å². The molecule has 0 aliphatic rings. The molecule has 0 aliphatic heterocycles. The first-order valence-electron chi connectivity index (χ1n) is 9.35. The number of anilines is 2. The van der Waals surface area contributed by atoms with Crippen LogP contribution in [-0.2, 0) is 0 Å². The third-order valence-electron chi connectivity index (χ3n) is 4.01. The number of aromatic nitrogens is 2. The predicted molar refractivity (Wildman–Crippen MR) is 125 cm³/mol. The lowest BCUT2D eigenvalue weighted by Gasteiger charge is -2.07. The highest BCUT2D eigenvalue weighted by atomic mass is 35.5. The topological polar surface area (TPSA) is 171 Å². The molecule has 1 amide bonds. The van der Waals surface area contributed by atoms with Crippen molar-refractivity contribution in [2.24, 2.45) is 16.5 Å². The zero-order valence-corrected chi connectivity index (χ0v) is 18.9. The van der Waals surface area contributed by atoms with Crippen LogP contribution in [-0.4, -0.2) is 34.9 Å². The van der Waals surface area contributed by atoms with Crippen molar-refractivity contribution >= 4 is 59.9 Å². The summed E-state index contributed by atoms with van der Waals surface area (Å²) >= 11 is 5.75. The van der Waals surface area contributed by atoms with E-state index < -0.39 is 5.91 Å². The van der Waals surface area contributed by atoms with Crippen LogP contribution in [0.4, 0.5) is 11.6 Å². The van der Waals surface area contributed by atoms with Crippen LogP contribution in [0.5, 0.6) is 0 Å². The predicted octanol–water partition coefficient (Wildman–Crippen LogP) is 2.65. The molecule has 0 aromatic carbocycles. The van der Waals surface area contributed by atoms with E-state index in [2.05, 4.69) is 20.3 Å². The smallest absolute Gasteiger partial charge is 0.280 e. The molecule has 12 heteroatoms. The first-order valence-corrected chi connectivity index (χ1v) is 9.73. The molecule has 1 rings (SSSR count). The van der Waals surface area contributed by atoms with E-state index in [-0.39, 0.29) is 53.3 Å². The normalized spacial score (nSPS) is 10.8. The minimum Gasteiger partial charge on any atom is -0.382 e. The molecule has 1 aromatic rings. The number of nitrogens with one attached hydrogen (secondary N) is 1. The number of hydrogen-bond donors (Lipinski definition) is 5. The van der Waals surface area contributed by atoms with Crippen LogP contribution < -0.4 is 28.3 Å². The Morgan fingerprint density at radius 3 is 1.97 bits per heavy atom. The average Bonchev–Trinajstić information content (AvgIpc) is 2.62. The Morgan fingerprint density at radius 1 is 0.897 bits per heavy atom. The second kappa shape index (κ2) is 17.3. The summed E-state index contributed by atoms with van der Waals surface area (Å²) in [6.07, 6.45) is 10.6. The van der Waals surface area contributed by atoms with Gasteiger partial charge in [-0.1, -0.05) is 56.5 Å². The van der Waals surface area contributed by atoms with Crippen LogP contribution in [0, 0.1) is 0 Å². The van der Waals surface area contributed by atoms with Crippen LogP contribution in [0.15, 0.2) is 4.99 Å². The number of rotatable bonds is 12. The fourth-order valence-corrected chi connectivity index (χ4v) is 2.64.